The highest BCUT2D eigenvalue weighted by molar-refractivity contribution is 5.86. The molecule has 12 heteroatoms. The molecule has 0 heterocycles. The maximum atomic E-state index is 15.0. The van der Waals surface area contributed by atoms with Crippen molar-refractivity contribution in [2.75, 3.05) is 6.61 Å². The van der Waals surface area contributed by atoms with Gasteiger partial charge in [0, 0.05) is 16.9 Å². The summed E-state index contributed by atoms with van der Waals surface area (Å²) in [4.78, 5) is 0. The summed E-state index contributed by atoms with van der Waals surface area (Å²) in [5.41, 5.74) is -2.32. The van der Waals surface area contributed by atoms with Crippen LogP contribution in [0.15, 0.2) is 78.9 Å². The average Bonchev–Trinajstić information content (AvgIpc) is 3.03. The normalized spacial score (nSPS) is 11.4. The number of halogens is 10. The highest BCUT2D eigenvalue weighted by Crippen LogP contribution is 2.37. The van der Waals surface area contributed by atoms with Gasteiger partial charge in [-0.05, 0) is 83.6 Å². The molecule has 5 aromatic rings. The lowest BCUT2D eigenvalue weighted by Crippen LogP contribution is -2.25. The molecule has 5 rings (SSSR count). The maximum Gasteiger partial charge on any atom is 0.458 e. The predicted octanol–water partition coefficient (Wildman–Crippen LogP) is 10.8. The second kappa shape index (κ2) is 14.5. The van der Waals surface area contributed by atoms with Crippen molar-refractivity contribution in [3.63, 3.8) is 0 Å². The van der Waals surface area contributed by atoms with Crippen molar-refractivity contribution in [1.82, 2.24) is 0 Å². The molecule has 0 aliphatic heterocycles. The molecule has 0 atom stereocenters. The first-order chi connectivity index (χ1) is 23.6. The molecule has 0 bridgehead atoms. The lowest BCUT2D eigenvalue weighted by atomic mass is 10.0. The van der Waals surface area contributed by atoms with Crippen LogP contribution in [-0.4, -0.2) is 12.8 Å². The minimum absolute atomic E-state index is 0.129. The molecule has 0 aromatic heterocycles. The molecule has 0 aliphatic rings. The standard InChI is InChI=1S/C38H22F10O2/c1-2-3-16-49-27-10-8-23(9-11-27)25-7-6-24(31(39)20-25)5-4-22-17-33(41)35(34(42)18-22)38(47,48)50-28-12-13-29-26(19-28)21-32(40)30(36(29)43)14-15-37(44,45)46/h6-13,17-21H,2-3,16H2,1H3. The van der Waals surface area contributed by atoms with Gasteiger partial charge >= 0.3 is 12.3 Å². The van der Waals surface area contributed by atoms with Gasteiger partial charge in [0.2, 0.25) is 0 Å². The smallest absolute Gasteiger partial charge is 0.458 e. The Morgan fingerprint density at radius 1 is 0.640 bits per heavy atom. The van der Waals surface area contributed by atoms with E-state index in [1.54, 1.807) is 30.3 Å². The summed E-state index contributed by atoms with van der Waals surface area (Å²) in [5.74, 6) is -0.532. The van der Waals surface area contributed by atoms with E-state index in [0.29, 0.717) is 47.7 Å². The van der Waals surface area contributed by atoms with E-state index in [2.05, 4.69) is 16.6 Å². The van der Waals surface area contributed by atoms with E-state index in [0.717, 1.165) is 30.9 Å². The molecule has 0 N–H and O–H groups in total. The third kappa shape index (κ3) is 8.32. The number of unbranched alkanes of at least 4 members (excludes halogenated alkanes) is 1. The summed E-state index contributed by atoms with van der Waals surface area (Å²) in [6.45, 7) is 2.62. The Balaban J connectivity index is 1.34. The van der Waals surface area contributed by atoms with Gasteiger partial charge in [0.25, 0.3) is 0 Å². The summed E-state index contributed by atoms with van der Waals surface area (Å²) < 4.78 is 151. The molecule has 0 amide bonds. The van der Waals surface area contributed by atoms with Crippen LogP contribution in [0.25, 0.3) is 21.9 Å². The van der Waals surface area contributed by atoms with Gasteiger partial charge in [-0.3, -0.25) is 0 Å². The van der Waals surface area contributed by atoms with E-state index in [9.17, 15) is 35.1 Å². The largest absolute Gasteiger partial charge is 0.494 e. The average molecular weight is 701 g/mol. The fourth-order valence-corrected chi connectivity index (χ4v) is 4.76. The monoisotopic (exact) mass is 700 g/mol. The van der Waals surface area contributed by atoms with Gasteiger partial charge in [-0.2, -0.15) is 22.0 Å². The molecule has 0 saturated heterocycles. The summed E-state index contributed by atoms with van der Waals surface area (Å²) in [5, 5.41) is -0.898. The molecule has 0 saturated carbocycles. The predicted molar refractivity (Wildman–Crippen MR) is 166 cm³/mol. The fraction of sp³-hybridized carbons (Fsp3) is 0.158. The third-order valence-corrected chi connectivity index (χ3v) is 7.17. The quantitative estimate of drug-likeness (QED) is 0.0912. The molecule has 0 spiro atoms. The van der Waals surface area contributed by atoms with Crippen LogP contribution in [0, 0.1) is 52.8 Å². The van der Waals surface area contributed by atoms with E-state index in [-0.39, 0.29) is 5.56 Å². The number of alkyl halides is 5. The van der Waals surface area contributed by atoms with E-state index in [4.69, 9.17) is 4.74 Å². The zero-order valence-electron chi connectivity index (χ0n) is 25.7. The highest BCUT2D eigenvalue weighted by atomic mass is 19.4. The first-order valence-corrected chi connectivity index (χ1v) is 14.8. The lowest BCUT2D eigenvalue weighted by Gasteiger charge is -2.20. The van der Waals surface area contributed by atoms with Gasteiger partial charge in [0.05, 0.1) is 17.7 Å². The first kappa shape index (κ1) is 35.7. The fourth-order valence-electron chi connectivity index (χ4n) is 4.76. The summed E-state index contributed by atoms with van der Waals surface area (Å²) >= 11 is 0. The van der Waals surface area contributed by atoms with Crippen molar-refractivity contribution in [3.8, 4) is 46.3 Å². The van der Waals surface area contributed by atoms with Crippen LogP contribution in [0.2, 0.25) is 0 Å². The summed E-state index contributed by atoms with van der Waals surface area (Å²) in [6.07, 6.45) is -7.80. The van der Waals surface area contributed by atoms with Crippen molar-refractivity contribution in [3.05, 3.63) is 130 Å². The van der Waals surface area contributed by atoms with Gasteiger partial charge < -0.3 is 9.47 Å². The van der Waals surface area contributed by atoms with E-state index >= 15 is 8.78 Å². The molecular formula is C38H22F10O2. The Labute approximate surface area is 279 Å². The minimum Gasteiger partial charge on any atom is -0.494 e. The second-order valence-corrected chi connectivity index (χ2v) is 10.8. The number of hydrogen-bond acceptors (Lipinski definition) is 2. The number of fused-ring (bicyclic) bond motifs is 1. The maximum absolute atomic E-state index is 15.0. The molecule has 0 aliphatic carbocycles. The van der Waals surface area contributed by atoms with Gasteiger partial charge in [-0.15, -0.1) is 0 Å². The van der Waals surface area contributed by atoms with Crippen LogP contribution < -0.4 is 9.47 Å². The van der Waals surface area contributed by atoms with Crippen LogP contribution in [0.3, 0.4) is 0 Å². The molecule has 2 nitrogen and oxygen atoms in total. The van der Waals surface area contributed by atoms with Crippen molar-refractivity contribution in [2.24, 2.45) is 0 Å². The van der Waals surface area contributed by atoms with Crippen LogP contribution >= 0.6 is 0 Å². The number of rotatable bonds is 8. The van der Waals surface area contributed by atoms with Crippen molar-refractivity contribution >= 4 is 10.8 Å². The lowest BCUT2D eigenvalue weighted by molar-refractivity contribution is -0.189. The second-order valence-electron chi connectivity index (χ2n) is 10.8. The van der Waals surface area contributed by atoms with Crippen molar-refractivity contribution in [2.45, 2.75) is 32.1 Å². The summed E-state index contributed by atoms with van der Waals surface area (Å²) in [7, 11) is 0. The Bertz CT molecular complexity index is 2160. The Kier molecular flexibility index (Phi) is 10.3. The zero-order chi connectivity index (χ0) is 36.2. The molecule has 0 fully saturated rings. The highest BCUT2D eigenvalue weighted by Gasteiger charge is 2.41. The van der Waals surface area contributed by atoms with Crippen LogP contribution in [0.4, 0.5) is 43.9 Å². The van der Waals surface area contributed by atoms with Gasteiger partial charge in [0.1, 0.15) is 46.1 Å². The third-order valence-electron chi connectivity index (χ3n) is 7.17. The minimum atomic E-state index is -5.03. The molecule has 256 valence electrons. The molecule has 5 aromatic carbocycles. The van der Waals surface area contributed by atoms with E-state index in [1.807, 2.05) is 6.92 Å². The first-order valence-electron chi connectivity index (χ1n) is 14.8. The van der Waals surface area contributed by atoms with Crippen molar-refractivity contribution < 1.29 is 53.4 Å². The van der Waals surface area contributed by atoms with Crippen LogP contribution in [0.5, 0.6) is 11.5 Å². The Morgan fingerprint density at radius 3 is 1.94 bits per heavy atom. The molecular weight excluding hydrogens is 678 g/mol. The summed E-state index contributed by atoms with van der Waals surface area (Å²) in [6, 6.07) is 14.9. The van der Waals surface area contributed by atoms with Gasteiger partial charge in [-0.25, -0.2) is 22.0 Å². The van der Waals surface area contributed by atoms with Crippen molar-refractivity contribution in [1.29, 1.82) is 0 Å². The molecule has 0 radical (unpaired) electrons. The number of hydrogen-bond donors (Lipinski definition) is 0. The zero-order valence-corrected chi connectivity index (χ0v) is 25.7. The Morgan fingerprint density at radius 2 is 1.30 bits per heavy atom. The van der Waals surface area contributed by atoms with Gasteiger partial charge in [-0.1, -0.05) is 49.3 Å². The van der Waals surface area contributed by atoms with Gasteiger partial charge in [0.15, 0.2) is 0 Å². The molecule has 0 unspecified atom stereocenters. The van der Waals surface area contributed by atoms with E-state index in [1.165, 1.54) is 18.1 Å². The SMILES string of the molecule is CCCCOc1ccc(-c2ccc(C#Cc3cc(F)c(C(F)(F)Oc4ccc5c(F)c(C#CC(F)(F)F)c(F)cc5c4)c(F)c3)c(F)c2)cc1. The molecule has 50 heavy (non-hydrogen) atoms. The number of benzene rings is 5. The topological polar surface area (TPSA) is 18.5 Å². The van der Waals surface area contributed by atoms with Crippen LogP contribution in [-0.2, 0) is 6.11 Å². The Hall–Kier alpha value is -5.62. The number of ether oxygens (including phenoxy) is 2. The van der Waals surface area contributed by atoms with Crippen LogP contribution in [0.1, 0.15) is 42.0 Å². The van der Waals surface area contributed by atoms with E-state index < -0.39 is 74.6 Å².